The molecule has 15 heavy (non-hydrogen) atoms. The molecule has 0 radical (unpaired) electrons. The van der Waals surface area contributed by atoms with E-state index in [1.807, 2.05) is 0 Å². The third kappa shape index (κ3) is 3.14. The Bertz CT molecular complexity index is 381. The largest absolute Gasteiger partial charge is 0.469 e. The maximum absolute atomic E-state index is 11.7. The van der Waals surface area contributed by atoms with E-state index in [4.69, 9.17) is 0 Å². The fourth-order valence-corrected chi connectivity index (χ4v) is 2.50. The molecule has 0 aliphatic rings. The highest BCUT2D eigenvalue weighted by Crippen LogP contribution is 2.26. The Labute approximate surface area is 104 Å². The highest BCUT2D eigenvalue weighted by molar-refractivity contribution is 9.11. The normalized spacial score (nSPS) is 9.80. The van der Waals surface area contributed by atoms with Crippen LogP contribution in [0.1, 0.15) is 16.8 Å². The van der Waals surface area contributed by atoms with Crippen molar-refractivity contribution in [3.8, 4) is 0 Å². The minimum Gasteiger partial charge on any atom is -0.469 e. The lowest BCUT2D eigenvalue weighted by atomic mass is 10.1. The molecule has 1 aromatic carbocycles. The van der Waals surface area contributed by atoms with Crippen LogP contribution in [0.25, 0.3) is 0 Å². The van der Waals surface area contributed by atoms with E-state index in [1.54, 1.807) is 18.2 Å². The van der Waals surface area contributed by atoms with Crippen molar-refractivity contribution in [3.63, 3.8) is 0 Å². The van der Waals surface area contributed by atoms with Crippen molar-refractivity contribution >= 4 is 43.6 Å². The average molecular weight is 336 g/mol. The number of ether oxygens (including phenoxy) is 1. The molecule has 0 fully saturated rings. The van der Waals surface area contributed by atoms with E-state index >= 15 is 0 Å². The predicted octanol–water partition coefficient (Wildman–Crippen LogP) is 2.96. The van der Waals surface area contributed by atoms with Crippen molar-refractivity contribution in [2.75, 3.05) is 7.11 Å². The number of halogens is 2. The van der Waals surface area contributed by atoms with Crippen LogP contribution in [0.4, 0.5) is 0 Å². The molecular formula is C10H8Br2O3. The summed E-state index contributed by atoms with van der Waals surface area (Å²) in [6.07, 6.45) is -0.252. The monoisotopic (exact) mass is 334 g/mol. The zero-order valence-electron chi connectivity index (χ0n) is 7.92. The number of benzene rings is 1. The van der Waals surface area contributed by atoms with E-state index < -0.39 is 5.97 Å². The summed E-state index contributed by atoms with van der Waals surface area (Å²) in [6.45, 7) is 0. The first kappa shape index (κ1) is 12.4. The van der Waals surface area contributed by atoms with Gasteiger partial charge in [0, 0.05) is 14.5 Å². The van der Waals surface area contributed by atoms with Crippen LogP contribution >= 0.6 is 31.9 Å². The second kappa shape index (κ2) is 5.42. The molecule has 1 rings (SSSR count). The minimum atomic E-state index is -0.539. The van der Waals surface area contributed by atoms with Crippen molar-refractivity contribution in [1.82, 2.24) is 0 Å². The number of carbonyl (C=O) groups is 2. The highest BCUT2D eigenvalue weighted by Gasteiger charge is 2.17. The topological polar surface area (TPSA) is 43.4 Å². The van der Waals surface area contributed by atoms with E-state index in [0.29, 0.717) is 14.5 Å². The quantitative estimate of drug-likeness (QED) is 0.484. The first-order chi connectivity index (χ1) is 7.06. The van der Waals surface area contributed by atoms with Gasteiger partial charge in [-0.05, 0) is 12.1 Å². The van der Waals surface area contributed by atoms with Crippen LogP contribution in [0.3, 0.4) is 0 Å². The Morgan fingerprint density at radius 1 is 1.27 bits per heavy atom. The van der Waals surface area contributed by atoms with Gasteiger partial charge in [-0.2, -0.15) is 0 Å². The van der Waals surface area contributed by atoms with Gasteiger partial charge in [-0.3, -0.25) is 9.59 Å². The third-order valence-corrected chi connectivity index (χ3v) is 3.10. The van der Waals surface area contributed by atoms with Gasteiger partial charge < -0.3 is 4.74 Å². The molecule has 0 N–H and O–H groups in total. The van der Waals surface area contributed by atoms with Gasteiger partial charge in [0.25, 0.3) is 0 Å². The van der Waals surface area contributed by atoms with Gasteiger partial charge in [0.2, 0.25) is 0 Å². The number of methoxy groups -OCH3 is 1. The van der Waals surface area contributed by atoms with Crippen LogP contribution in [0.15, 0.2) is 27.1 Å². The Hall–Kier alpha value is -0.680. The Balaban J connectivity index is 2.96. The summed E-state index contributed by atoms with van der Waals surface area (Å²) >= 11 is 6.51. The number of hydrogen-bond acceptors (Lipinski definition) is 3. The second-order valence-electron chi connectivity index (χ2n) is 2.77. The molecule has 0 aliphatic heterocycles. The molecule has 0 aromatic heterocycles. The van der Waals surface area contributed by atoms with Gasteiger partial charge >= 0.3 is 5.97 Å². The van der Waals surface area contributed by atoms with Crippen LogP contribution in [-0.4, -0.2) is 18.9 Å². The molecule has 0 bridgehead atoms. The fourth-order valence-electron chi connectivity index (χ4n) is 1.06. The third-order valence-electron chi connectivity index (χ3n) is 1.77. The van der Waals surface area contributed by atoms with Crippen LogP contribution in [0.2, 0.25) is 0 Å². The summed E-state index contributed by atoms with van der Waals surface area (Å²) in [5, 5.41) is 0. The van der Waals surface area contributed by atoms with Crippen molar-refractivity contribution in [1.29, 1.82) is 0 Å². The molecule has 1 aromatic rings. The van der Waals surface area contributed by atoms with Crippen LogP contribution in [0, 0.1) is 0 Å². The number of hydrogen-bond donors (Lipinski definition) is 0. The van der Waals surface area contributed by atoms with Gasteiger partial charge in [0.05, 0.1) is 7.11 Å². The second-order valence-corrected chi connectivity index (χ2v) is 4.48. The number of esters is 1. The summed E-state index contributed by atoms with van der Waals surface area (Å²) in [7, 11) is 1.25. The van der Waals surface area contributed by atoms with Crippen molar-refractivity contribution < 1.29 is 14.3 Å². The molecule has 0 amide bonds. The maximum Gasteiger partial charge on any atom is 0.313 e. The van der Waals surface area contributed by atoms with E-state index in [9.17, 15) is 9.59 Å². The smallest absolute Gasteiger partial charge is 0.313 e. The van der Waals surface area contributed by atoms with E-state index in [1.165, 1.54) is 7.11 Å². The van der Waals surface area contributed by atoms with Crippen molar-refractivity contribution in [2.24, 2.45) is 0 Å². The number of ketones is 1. The molecule has 5 heteroatoms. The lowest BCUT2D eigenvalue weighted by Gasteiger charge is -2.05. The highest BCUT2D eigenvalue weighted by atomic mass is 79.9. The summed E-state index contributed by atoms with van der Waals surface area (Å²) in [6, 6.07) is 5.29. The summed E-state index contributed by atoms with van der Waals surface area (Å²) in [5.74, 6) is -0.816. The number of carbonyl (C=O) groups excluding carboxylic acids is 2. The molecular weight excluding hydrogens is 328 g/mol. The van der Waals surface area contributed by atoms with Gasteiger partial charge in [0.1, 0.15) is 6.42 Å². The van der Waals surface area contributed by atoms with Gasteiger partial charge in [0.15, 0.2) is 5.78 Å². The Morgan fingerprint density at radius 2 is 1.80 bits per heavy atom. The van der Waals surface area contributed by atoms with Crippen molar-refractivity contribution in [3.05, 3.63) is 32.7 Å². The fraction of sp³-hybridized carbons (Fsp3) is 0.200. The SMILES string of the molecule is COC(=O)CC(=O)c1c(Br)cccc1Br. The average Bonchev–Trinajstić information content (AvgIpc) is 2.17. The predicted molar refractivity (Wildman–Crippen MR) is 62.8 cm³/mol. The summed E-state index contributed by atoms with van der Waals surface area (Å²) in [4.78, 5) is 22.6. The summed E-state index contributed by atoms with van der Waals surface area (Å²) < 4.78 is 5.75. The lowest BCUT2D eigenvalue weighted by Crippen LogP contribution is -2.10. The molecule has 0 unspecified atom stereocenters. The van der Waals surface area contributed by atoms with E-state index in [-0.39, 0.29) is 12.2 Å². The lowest BCUT2D eigenvalue weighted by molar-refractivity contribution is -0.139. The van der Waals surface area contributed by atoms with Gasteiger partial charge in [-0.25, -0.2) is 0 Å². The molecule has 0 heterocycles. The molecule has 0 aliphatic carbocycles. The van der Waals surface area contributed by atoms with Crippen LogP contribution in [0.5, 0.6) is 0 Å². The van der Waals surface area contributed by atoms with Gasteiger partial charge in [-0.15, -0.1) is 0 Å². The summed E-state index contributed by atoms with van der Waals surface area (Å²) in [5.41, 5.74) is 0.461. The Morgan fingerprint density at radius 3 is 2.27 bits per heavy atom. The minimum absolute atomic E-state index is 0.252. The first-order valence-electron chi connectivity index (χ1n) is 4.10. The molecule has 80 valence electrons. The van der Waals surface area contributed by atoms with E-state index in [2.05, 4.69) is 36.6 Å². The van der Waals surface area contributed by atoms with E-state index in [0.717, 1.165) is 0 Å². The molecule has 0 atom stereocenters. The zero-order chi connectivity index (χ0) is 11.4. The molecule has 0 saturated heterocycles. The van der Waals surface area contributed by atoms with Crippen molar-refractivity contribution in [2.45, 2.75) is 6.42 Å². The maximum atomic E-state index is 11.7. The van der Waals surface area contributed by atoms with Crippen LogP contribution in [-0.2, 0) is 9.53 Å². The number of rotatable bonds is 3. The standard InChI is InChI=1S/C10H8Br2O3/c1-15-9(14)5-8(13)10-6(11)3-2-4-7(10)12/h2-4H,5H2,1H3. The zero-order valence-corrected chi connectivity index (χ0v) is 11.1. The molecule has 0 saturated carbocycles. The molecule has 0 spiro atoms. The molecule has 3 nitrogen and oxygen atoms in total. The van der Waals surface area contributed by atoms with Gasteiger partial charge in [-0.1, -0.05) is 37.9 Å². The van der Waals surface area contributed by atoms with Crippen LogP contribution < -0.4 is 0 Å². The number of Topliss-reactive ketones (excluding diaryl/α,β-unsaturated/α-hetero) is 1. The Kier molecular flexibility index (Phi) is 4.47. The first-order valence-corrected chi connectivity index (χ1v) is 5.69.